The monoisotopic (exact) mass is 436 g/mol. The lowest BCUT2D eigenvalue weighted by atomic mass is 9.67. The van der Waals surface area contributed by atoms with Gasteiger partial charge in [-0.25, -0.2) is 9.18 Å². The molecule has 3 aliphatic rings. The Hall–Kier alpha value is -3.83. The first kappa shape index (κ1) is 19.2. The molecular formula is C22H14ClFN4O3. The highest BCUT2D eigenvalue weighted by Crippen LogP contribution is 2.54. The molecule has 0 saturated heterocycles. The molecule has 3 aliphatic heterocycles. The fourth-order valence-corrected chi connectivity index (χ4v) is 4.66. The van der Waals surface area contributed by atoms with Crippen molar-refractivity contribution in [3.05, 3.63) is 81.0 Å². The van der Waals surface area contributed by atoms with Crippen LogP contribution in [0.2, 0.25) is 5.02 Å². The first-order chi connectivity index (χ1) is 14.8. The topological polar surface area (TPSA) is 108 Å². The number of nitriles is 1. The quantitative estimate of drug-likeness (QED) is 0.665. The molecule has 2 aromatic carbocycles. The molecule has 31 heavy (non-hydrogen) atoms. The number of hydrogen-bond acceptors (Lipinski definition) is 6. The number of hydrogen-bond donors (Lipinski definition) is 2. The molecule has 9 heteroatoms. The Bertz CT molecular complexity index is 1330. The lowest BCUT2D eigenvalue weighted by Gasteiger charge is -2.38. The molecule has 1 spiro atoms. The lowest BCUT2D eigenvalue weighted by Crippen LogP contribution is -2.48. The van der Waals surface area contributed by atoms with Gasteiger partial charge in [0, 0.05) is 16.9 Å². The van der Waals surface area contributed by atoms with E-state index in [2.05, 4.69) is 5.32 Å². The van der Waals surface area contributed by atoms with Gasteiger partial charge in [0.25, 0.3) is 0 Å². The minimum absolute atomic E-state index is 0.0144. The maximum atomic E-state index is 13.7. The second-order valence-electron chi connectivity index (χ2n) is 7.46. The summed E-state index contributed by atoms with van der Waals surface area (Å²) in [5.74, 6) is -1.98. The van der Waals surface area contributed by atoms with E-state index < -0.39 is 23.1 Å². The highest BCUT2D eigenvalue weighted by atomic mass is 35.5. The van der Waals surface area contributed by atoms with Crippen LogP contribution in [0.25, 0.3) is 0 Å². The van der Waals surface area contributed by atoms with Gasteiger partial charge in [-0.15, -0.1) is 0 Å². The van der Waals surface area contributed by atoms with Gasteiger partial charge in [0.15, 0.2) is 0 Å². The summed E-state index contributed by atoms with van der Waals surface area (Å²) in [6.45, 7) is 1.67. The zero-order valence-electron chi connectivity index (χ0n) is 16.1. The second kappa shape index (κ2) is 6.33. The van der Waals surface area contributed by atoms with Crippen LogP contribution in [0, 0.1) is 24.1 Å². The number of aryl methyl sites for hydroxylation is 1. The number of anilines is 2. The fourth-order valence-electron chi connectivity index (χ4n) is 4.49. The highest BCUT2D eigenvalue weighted by Gasteiger charge is 2.62. The smallest absolute Gasteiger partial charge is 0.338 e. The Labute approximate surface area is 181 Å². The van der Waals surface area contributed by atoms with E-state index in [0.29, 0.717) is 22.6 Å². The molecule has 0 saturated carbocycles. The Kier molecular flexibility index (Phi) is 3.91. The van der Waals surface area contributed by atoms with Crippen LogP contribution >= 0.6 is 11.6 Å². The molecule has 0 aromatic heterocycles. The van der Waals surface area contributed by atoms with E-state index in [4.69, 9.17) is 22.1 Å². The van der Waals surface area contributed by atoms with Crippen molar-refractivity contribution in [1.29, 1.82) is 5.26 Å². The average Bonchev–Trinajstić information content (AvgIpc) is 3.24. The fraction of sp³-hybridized carbons (Fsp3) is 0.136. The number of carbonyl (C=O) groups excluding carboxylic acids is 2. The summed E-state index contributed by atoms with van der Waals surface area (Å²) >= 11 is 5.95. The zero-order chi connectivity index (χ0) is 22.1. The van der Waals surface area contributed by atoms with Crippen molar-refractivity contribution in [2.24, 2.45) is 5.73 Å². The minimum Gasteiger partial charge on any atom is -0.456 e. The highest BCUT2D eigenvalue weighted by molar-refractivity contribution is 6.31. The number of halogens is 2. The summed E-state index contributed by atoms with van der Waals surface area (Å²) in [5, 5.41) is 12.7. The standard InChI is InChI=1S/C22H14ClFN4O3/c1-10-2-5-16-12(6-10)22(21(30)27-16)13(8-25)19(26)28(17-9-31-20(29)18(17)22)11-3-4-15(24)14(23)7-11/h2-7H,9,26H2,1H3,(H,27,30)/t22-/m0/s1. The van der Waals surface area contributed by atoms with Crippen LogP contribution in [0.15, 0.2) is 59.1 Å². The van der Waals surface area contributed by atoms with Gasteiger partial charge in [-0.2, -0.15) is 5.26 Å². The Morgan fingerprint density at radius 3 is 2.77 bits per heavy atom. The largest absolute Gasteiger partial charge is 0.456 e. The number of nitrogens with two attached hydrogens (primary N) is 1. The third kappa shape index (κ3) is 2.32. The third-order valence-electron chi connectivity index (χ3n) is 5.79. The number of cyclic esters (lactones) is 1. The molecule has 2 aromatic rings. The van der Waals surface area contributed by atoms with E-state index in [9.17, 15) is 19.2 Å². The molecule has 1 amide bonds. The van der Waals surface area contributed by atoms with Crippen molar-refractivity contribution in [2.75, 3.05) is 16.8 Å². The second-order valence-corrected chi connectivity index (χ2v) is 7.86. The number of nitrogens with one attached hydrogen (secondary N) is 1. The Balaban J connectivity index is 1.86. The molecule has 0 fully saturated rings. The molecule has 3 heterocycles. The number of fused-ring (bicyclic) bond motifs is 3. The summed E-state index contributed by atoms with van der Waals surface area (Å²) in [6.07, 6.45) is 0. The Morgan fingerprint density at radius 1 is 1.29 bits per heavy atom. The van der Waals surface area contributed by atoms with Gasteiger partial charge in [0.2, 0.25) is 5.91 Å². The molecule has 1 atom stereocenters. The van der Waals surface area contributed by atoms with E-state index in [1.54, 1.807) is 12.1 Å². The third-order valence-corrected chi connectivity index (χ3v) is 6.08. The lowest BCUT2D eigenvalue weighted by molar-refractivity contribution is -0.137. The number of benzene rings is 2. The minimum atomic E-state index is -1.73. The van der Waals surface area contributed by atoms with Gasteiger partial charge in [-0.05, 0) is 31.2 Å². The summed E-state index contributed by atoms with van der Waals surface area (Å²) in [7, 11) is 0. The van der Waals surface area contributed by atoms with Crippen molar-refractivity contribution < 1.29 is 18.7 Å². The van der Waals surface area contributed by atoms with Gasteiger partial charge >= 0.3 is 5.97 Å². The van der Waals surface area contributed by atoms with Crippen LogP contribution in [0.3, 0.4) is 0 Å². The van der Waals surface area contributed by atoms with E-state index in [-0.39, 0.29) is 28.6 Å². The van der Waals surface area contributed by atoms with Crippen LogP contribution < -0.4 is 16.0 Å². The first-order valence-corrected chi connectivity index (χ1v) is 9.67. The molecule has 7 nitrogen and oxygen atoms in total. The van der Waals surface area contributed by atoms with Crippen LogP contribution in [-0.2, 0) is 19.7 Å². The van der Waals surface area contributed by atoms with Gasteiger partial charge in [0.05, 0.1) is 21.9 Å². The number of rotatable bonds is 1. The number of nitrogens with zero attached hydrogens (tertiary/aromatic N) is 2. The van der Waals surface area contributed by atoms with Crippen molar-refractivity contribution in [3.63, 3.8) is 0 Å². The van der Waals surface area contributed by atoms with E-state index in [1.165, 1.54) is 17.0 Å². The van der Waals surface area contributed by atoms with E-state index >= 15 is 0 Å². The number of carbonyl (C=O) groups is 2. The van der Waals surface area contributed by atoms with Gasteiger partial charge < -0.3 is 15.8 Å². The van der Waals surface area contributed by atoms with Crippen LogP contribution in [0.4, 0.5) is 15.8 Å². The summed E-state index contributed by atoms with van der Waals surface area (Å²) < 4.78 is 19.0. The van der Waals surface area contributed by atoms with Crippen molar-refractivity contribution in [2.45, 2.75) is 12.3 Å². The zero-order valence-corrected chi connectivity index (χ0v) is 16.9. The van der Waals surface area contributed by atoms with Crippen molar-refractivity contribution in [1.82, 2.24) is 0 Å². The van der Waals surface area contributed by atoms with Crippen molar-refractivity contribution >= 4 is 34.9 Å². The van der Waals surface area contributed by atoms with Crippen LogP contribution in [0.5, 0.6) is 0 Å². The molecule has 5 rings (SSSR count). The predicted molar refractivity (Wildman–Crippen MR) is 110 cm³/mol. The molecule has 0 bridgehead atoms. The van der Waals surface area contributed by atoms with E-state index in [0.717, 1.165) is 11.6 Å². The predicted octanol–water partition coefficient (Wildman–Crippen LogP) is 3.00. The van der Waals surface area contributed by atoms with E-state index in [1.807, 2.05) is 19.1 Å². The summed E-state index contributed by atoms with van der Waals surface area (Å²) in [5.41, 5.74) is 7.01. The molecule has 0 radical (unpaired) electrons. The van der Waals surface area contributed by atoms with Crippen molar-refractivity contribution in [3.8, 4) is 6.07 Å². The maximum absolute atomic E-state index is 13.7. The average molecular weight is 437 g/mol. The van der Waals surface area contributed by atoms with Gasteiger partial charge in [-0.3, -0.25) is 9.69 Å². The van der Waals surface area contributed by atoms with Gasteiger partial charge in [0.1, 0.15) is 29.7 Å². The van der Waals surface area contributed by atoms with Gasteiger partial charge in [-0.1, -0.05) is 29.3 Å². The number of amides is 1. The summed E-state index contributed by atoms with van der Waals surface area (Å²) in [6, 6.07) is 11.2. The SMILES string of the molecule is Cc1ccc2c(c1)[C@]1(C(=O)N2)C(C#N)=C(N)N(c2ccc(F)c(Cl)c2)C2=C1C(=O)OC2. The Morgan fingerprint density at radius 2 is 2.06 bits per heavy atom. The molecule has 0 aliphatic carbocycles. The molecule has 154 valence electrons. The molecule has 3 N–H and O–H groups in total. The molecular weight excluding hydrogens is 423 g/mol. The summed E-state index contributed by atoms with van der Waals surface area (Å²) in [4.78, 5) is 27.7. The normalized spacial score (nSPS) is 21.8. The van der Waals surface area contributed by atoms with Crippen LogP contribution in [-0.4, -0.2) is 18.5 Å². The van der Waals surface area contributed by atoms with Crippen LogP contribution in [0.1, 0.15) is 11.1 Å². The number of ether oxygens (including phenoxy) is 1. The first-order valence-electron chi connectivity index (χ1n) is 9.29. The molecule has 0 unspecified atom stereocenters. The maximum Gasteiger partial charge on any atom is 0.338 e. The number of esters is 1.